The zero-order valence-corrected chi connectivity index (χ0v) is 8.10. The number of nitrogens with two attached hydrogens (primary N) is 1. The molecule has 0 aliphatic rings. The van der Waals surface area contributed by atoms with E-state index in [1.807, 2.05) is 0 Å². The molecule has 0 saturated carbocycles. The van der Waals surface area contributed by atoms with Gasteiger partial charge in [-0.2, -0.15) is 4.98 Å². The molecule has 2 N–H and O–H groups in total. The molecule has 0 radical (unpaired) electrons. The van der Waals surface area contributed by atoms with Gasteiger partial charge in [0.1, 0.15) is 0 Å². The summed E-state index contributed by atoms with van der Waals surface area (Å²) in [5, 5.41) is 4.22. The molecule has 1 aromatic heterocycles. The van der Waals surface area contributed by atoms with E-state index in [1.165, 1.54) is 0 Å². The van der Waals surface area contributed by atoms with Crippen molar-refractivity contribution < 1.29 is 4.52 Å². The number of thioether (sulfide) groups is 1. The Balaban J connectivity index is 2.33. The first-order chi connectivity index (χ1) is 5.72. The van der Waals surface area contributed by atoms with Gasteiger partial charge in [-0.25, -0.2) is 0 Å². The highest BCUT2D eigenvalue weighted by molar-refractivity contribution is 7.99. The van der Waals surface area contributed by atoms with E-state index in [1.54, 1.807) is 18.7 Å². The van der Waals surface area contributed by atoms with E-state index in [0.717, 1.165) is 11.6 Å². The van der Waals surface area contributed by atoms with Gasteiger partial charge in [-0.05, 0) is 0 Å². The number of aryl methyl sites for hydroxylation is 1. The lowest BCUT2D eigenvalue weighted by atomic mass is 10.5. The van der Waals surface area contributed by atoms with Crippen LogP contribution in [0.15, 0.2) is 4.52 Å². The Hall–Kier alpha value is -0.550. The van der Waals surface area contributed by atoms with Gasteiger partial charge in [0, 0.05) is 18.7 Å². The summed E-state index contributed by atoms with van der Waals surface area (Å²) in [6.07, 6.45) is 0. The van der Waals surface area contributed by atoms with Crippen molar-refractivity contribution in [1.82, 2.24) is 10.1 Å². The number of hydrogen-bond acceptors (Lipinski definition) is 5. The molecule has 12 heavy (non-hydrogen) atoms. The van der Waals surface area contributed by atoms with Crippen molar-refractivity contribution in [1.29, 1.82) is 0 Å². The average Bonchev–Trinajstić information content (AvgIpc) is 2.47. The molecule has 1 aromatic rings. The summed E-state index contributed by atoms with van der Waals surface area (Å²) < 4.78 is 4.82. The Morgan fingerprint density at radius 2 is 2.42 bits per heavy atom. The second-order valence-corrected chi connectivity index (χ2v) is 4.01. The Kier molecular flexibility index (Phi) is 3.55. The largest absolute Gasteiger partial charge is 0.340 e. The molecule has 5 heteroatoms. The molecule has 0 amide bonds. The first-order valence-electron chi connectivity index (χ1n) is 3.83. The van der Waals surface area contributed by atoms with E-state index >= 15 is 0 Å². The standard InChI is InChI=1S/C7H13N3OS/c1-5(3-8)12-4-7-9-6(2)11-10-7/h5H,3-4,8H2,1-2H3. The van der Waals surface area contributed by atoms with E-state index in [0.29, 0.717) is 17.7 Å². The zero-order chi connectivity index (χ0) is 8.97. The Labute approximate surface area is 75.9 Å². The summed E-state index contributed by atoms with van der Waals surface area (Å²) in [7, 11) is 0. The molecule has 4 nitrogen and oxygen atoms in total. The van der Waals surface area contributed by atoms with E-state index in [9.17, 15) is 0 Å². The highest BCUT2D eigenvalue weighted by Crippen LogP contribution is 2.14. The maximum absolute atomic E-state index is 5.46. The van der Waals surface area contributed by atoms with E-state index < -0.39 is 0 Å². The molecule has 1 unspecified atom stereocenters. The summed E-state index contributed by atoms with van der Waals surface area (Å²) in [4.78, 5) is 4.08. The Morgan fingerprint density at radius 3 is 2.92 bits per heavy atom. The molecule has 0 aliphatic carbocycles. The maximum Gasteiger partial charge on any atom is 0.223 e. The van der Waals surface area contributed by atoms with Crippen molar-refractivity contribution in [3.05, 3.63) is 11.7 Å². The van der Waals surface area contributed by atoms with Gasteiger partial charge in [0.05, 0.1) is 5.75 Å². The van der Waals surface area contributed by atoms with E-state index in [2.05, 4.69) is 17.1 Å². The minimum absolute atomic E-state index is 0.448. The molecule has 0 bridgehead atoms. The summed E-state index contributed by atoms with van der Waals surface area (Å²) in [5.41, 5.74) is 5.46. The van der Waals surface area contributed by atoms with Crippen LogP contribution in [0.25, 0.3) is 0 Å². The lowest BCUT2D eigenvalue weighted by Gasteiger charge is -2.04. The van der Waals surface area contributed by atoms with Gasteiger partial charge in [0.2, 0.25) is 5.89 Å². The highest BCUT2D eigenvalue weighted by Gasteiger charge is 2.04. The fourth-order valence-corrected chi connectivity index (χ4v) is 1.37. The van der Waals surface area contributed by atoms with Crippen molar-refractivity contribution in [2.45, 2.75) is 24.9 Å². The van der Waals surface area contributed by atoms with Gasteiger partial charge < -0.3 is 10.3 Å². The van der Waals surface area contributed by atoms with Gasteiger partial charge in [-0.1, -0.05) is 12.1 Å². The van der Waals surface area contributed by atoms with Crippen LogP contribution in [0.1, 0.15) is 18.6 Å². The predicted molar refractivity (Wildman–Crippen MR) is 48.8 cm³/mol. The number of hydrogen-bond donors (Lipinski definition) is 1. The fourth-order valence-electron chi connectivity index (χ4n) is 0.685. The second kappa shape index (κ2) is 4.47. The zero-order valence-electron chi connectivity index (χ0n) is 7.28. The maximum atomic E-state index is 5.46. The minimum Gasteiger partial charge on any atom is -0.340 e. The van der Waals surface area contributed by atoms with Crippen molar-refractivity contribution in [3.63, 3.8) is 0 Å². The Bertz CT molecular complexity index is 238. The molecular formula is C7H13N3OS. The normalized spacial score (nSPS) is 13.2. The summed E-state index contributed by atoms with van der Waals surface area (Å²) >= 11 is 1.73. The third kappa shape index (κ3) is 2.83. The number of aromatic nitrogens is 2. The second-order valence-electron chi connectivity index (χ2n) is 2.59. The van der Waals surface area contributed by atoms with Crippen LogP contribution >= 0.6 is 11.8 Å². The van der Waals surface area contributed by atoms with Crippen LogP contribution in [0, 0.1) is 6.92 Å². The van der Waals surface area contributed by atoms with Gasteiger partial charge in [0.15, 0.2) is 5.82 Å². The molecule has 68 valence electrons. The van der Waals surface area contributed by atoms with Gasteiger partial charge in [-0.3, -0.25) is 0 Å². The summed E-state index contributed by atoms with van der Waals surface area (Å²) in [5.74, 6) is 2.14. The van der Waals surface area contributed by atoms with Crippen LogP contribution in [-0.2, 0) is 5.75 Å². The van der Waals surface area contributed by atoms with Crippen LogP contribution in [0.4, 0.5) is 0 Å². The molecule has 0 fully saturated rings. The van der Waals surface area contributed by atoms with Crippen molar-refractivity contribution in [2.75, 3.05) is 6.54 Å². The molecule has 0 saturated heterocycles. The van der Waals surface area contributed by atoms with Gasteiger partial charge >= 0.3 is 0 Å². The van der Waals surface area contributed by atoms with E-state index in [-0.39, 0.29) is 0 Å². The van der Waals surface area contributed by atoms with Crippen LogP contribution in [0.3, 0.4) is 0 Å². The van der Waals surface area contributed by atoms with Crippen molar-refractivity contribution in [2.24, 2.45) is 5.73 Å². The third-order valence-electron chi connectivity index (χ3n) is 1.40. The summed E-state index contributed by atoms with van der Waals surface area (Å²) in [6.45, 7) is 4.55. The highest BCUT2D eigenvalue weighted by atomic mass is 32.2. The summed E-state index contributed by atoms with van der Waals surface area (Å²) in [6, 6.07) is 0. The van der Waals surface area contributed by atoms with E-state index in [4.69, 9.17) is 10.3 Å². The molecule has 0 spiro atoms. The van der Waals surface area contributed by atoms with Crippen molar-refractivity contribution in [3.8, 4) is 0 Å². The van der Waals surface area contributed by atoms with Crippen LogP contribution in [0.5, 0.6) is 0 Å². The average molecular weight is 187 g/mol. The quantitative estimate of drug-likeness (QED) is 0.760. The molecule has 1 heterocycles. The van der Waals surface area contributed by atoms with Crippen LogP contribution in [0.2, 0.25) is 0 Å². The molecule has 1 rings (SSSR count). The predicted octanol–water partition coefficient (Wildman–Crippen LogP) is 0.958. The lowest BCUT2D eigenvalue weighted by molar-refractivity contribution is 0.389. The molecule has 0 aromatic carbocycles. The topological polar surface area (TPSA) is 64.9 Å². The van der Waals surface area contributed by atoms with Crippen LogP contribution in [-0.4, -0.2) is 21.9 Å². The number of nitrogens with zero attached hydrogens (tertiary/aromatic N) is 2. The molecular weight excluding hydrogens is 174 g/mol. The van der Waals surface area contributed by atoms with Crippen molar-refractivity contribution >= 4 is 11.8 Å². The Morgan fingerprint density at radius 1 is 1.67 bits per heavy atom. The monoisotopic (exact) mass is 187 g/mol. The van der Waals surface area contributed by atoms with Gasteiger partial charge in [0.25, 0.3) is 0 Å². The van der Waals surface area contributed by atoms with Crippen LogP contribution < -0.4 is 5.73 Å². The number of rotatable bonds is 4. The first kappa shape index (κ1) is 9.54. The fraction of sp³-hybridized carbons (Fsp3) is 0.714. The smallest absolute Gasteiger partial charge is 0.223 e. The molecule has 1 atom stereocenters. The third-order valence-corrected chi connectivity index (χ3v) is 2.58. The van der Waals surface area contributed by atoms with Gasteiger partial charge in [-0.15, -0.1) is 11.8 Å². The first-order valence-corrected chi connectivity index (χ1v) is 4.88. The molecule has 0 aliphatic heterocycles. The lowest BCUT2D eigenvalue weighted by Crippen LogP contribution is -2.12. The SMILES string of the molecule is Cc1nc(CSC(C)CN)no1. The minimum atomic E-state index is 0.448.